The monoisotopic (exact) mass is 225 g/mol. The lowest BCUT2D eigenvalue weighted by molar-refractivity contribution is 0.0749. The standard InChI is InChI=1S/C10H10ClO2Si/c1-5-4-8(10(12)13-14)7(3)9(11)6(5)2/h4H,1-3H3. The fourth-order valence-electron chi connectivity index (χ4n) is 1.27. The third-order valence-corrected chi connectivity index (χ3v) is 3.08. The van der Waals surface area contributed by atoms with Crippen molar-refractivity contribution in [3.63, 3.8) is 0 Å². The van der Waals surface area contributed by atoms with Crippen molar-refractivity contribution < 1.29 is 9.22 Å². The highest BCUT2D eigenvalue weighted by molar-refractivity contribution is 6.32. The van der Waals surface area contributed by atoms with Gasteiger partial charge in [0.25, 0.3) is 0 Å². The molecule has 0 atom stereocenters. The van der Waals surface area contributed by atoms with E-state index in [9.17, 15) is 4.79 Å². The lowest BCUT2D eigenvalue weighted by atomic mass is 10.0. The van der Waals surface area contributed by atoms with Crippen LogP contribution in [0.1, 0.15) is 27.0 Å². The maximum absolute atomic E-state index is 11.3. The summed E-state index contributed by atoms with van der Waals surface area (Å²) < 4.78 is 4.47. The molecule has 73 valence electrons. The van der Waals surface area contributed by atoms with Gasteiger partial charge in [-0.1, -0.05) is 11.6 Å². The topological polar surface area (TPSA) is 26.3 Å². The number of carbonyl (C=O) groups is 1. The van der Waals surface area contributed by atoms with Crippen LogP contribution < -0.4 is 0 Å². The van der Waals surface area contributed by atoms with E-state index in [2.05, 4.69) is 14.9 Å². The number of benzene rings is 1. The molecule has 0 saturated carbocycles. The van der Waals surface area contributed by atoms with Crippen molar-refractivity contribution in [1.82, 2.24) is 0 Å². The summed E-state index contributed by atoms with van der Waals surface area (Å²) in [5, 5.41) is 0.622. The molecule has 0 N–H and O–H groups in total. The number of hydrogen-bond donors (Lipinski definition) is 0. The minimum Gasteiger partial charge on any atom is -0.513 e. The maximum atomic E-state index is 11.3. The van der Waals surface area contributed by atoms with Crippen LogP contribution in [-0.4, -0.2) is 16.5 Å². The molecule has 0 amide bonds. The van der Waals surface area contributed by atoms with E-state index in [0.29, 0.717) is 10.6 Å². The zero-order chi connectivity index (χ0) is 10.9. The first kappa shape index (κ1) is 11.3. The fourth-order valence-corrected chi connectivity index (χ4v) is 1.63. The molecule has 1 aromatic carbocycles. The molecule has 0 bridgehead atoms. The van der Waals surface area contributed by atoms with E-state index in [1.165, 1.54) is 0 Å². The minimum atomic E-state index is -0.427. The molecule has 0 aliphatic heterocycles. The zero-order valence-electron chi connectivity index (χ0n) is 8.27. The van der Waals surface area contributed by atoms with E-state index in [1.54, 1.807) is 13.0 Å². The number of hydrogen-bond acceptors (Lipinski definition) is 2. The van der Waals surface area contributed by atoms with Gasteiger partial charge in [0.15, 0.2) is 0 Å². The van der Waals surface area contributed by atoms with Gasteiger partial charge in [-0.3, -0.25) is 0 Å². The largest absolute Gasteiger partial charge is 0.513 e. The van der Waals surface area contributed by atoms with Gasteiger partial charge in [0.05, 0.1) is 5.56 Å². The molecule has 0 aromatic heterocycles. The Morgan fingerprint density at radius 2 is 1.93 bits per heavy atom. The smallest absolute Gasteiger partial charge is 0.345 e. The third-order valence-electron chi connectivity index (χ3n) is 2.33. The Hall–Kier alpha value is -0.803. The molecule has 3 radical (unpaired) electrons. The summed E-state index contributed by atoms with van der Waals surface area (Å²) in [6, 6.07) is 1.78. The lowest BCUT2D eigenvalue weighted by Crippen LogP contribution is -2.06. The van der Waals surface area contributed by atoms with Crippen LogP contribution in [-0.2, 0) is 4.43 Å². The first-order valence-electron chi connectivity index (χ1n) is 4.13. The SMILES string of the molecule is Cc1cc(C(=O)O[Si])c(C)c(Cl)c1C. The van der Waals surface area contributed by atoms with Gasteiger partial charge >= 0.3 is 16.5 Å². The highest BCUT2D eigenvalue weighted by Crippen LogP contribution is 2.26. The zero-order valence-corrected chi connectivity index (χ0v) is 10.0. The van der Waals surface area contributed by atoms with Crippen molar-refractivity contribution in [2.24, 2.45) is 0 Å². The summed E-state index contributed by atoms with van der Waals surface area (Å²) in [5.41, 5.74) is 3.22. The van der Waals surface area contributed by atoms with Crippen molar-refractivity contribution >= 4 is 28.1 Å². The summed E-state index contributed by atoms with van der Waals surface area (Å²) in [6.07, 6.45) is 0. The van der Waals surface area contributed by atoms with E-state index >= 15 is 0 Å². The van der Waals surface area contributed by atoms with Crippen LogP contribution in [0.4, 0.5) is 0 Å². The van der Waals surface area contributed by atoms with Crippen molar-refractivity contribution in [1.29, 1.82) is 0 Å². The normalized spacial score (nSPS) is 10.1. The average molecular weight is 226 g/mol. The first-order valence-corrected chi connectivity index (χ1v) is 4.91. The summed E-state index contributed by atoms with van der Waals surface area (Å²) in [5.74, 6) is -0.427. The van der Waals surface area contributed by atoms with Crippen LogP contribution in [0.15, 0.2) is 6.07 Å². The highest BCUT2D eigenvalue weighted by atomic mass is 35.5. The van der Waals surface area contributed by atoms with Crippen LogP contribution in [0.25, 0.3) is 0 Å². The number of aryl methyl sites for hydroxylation is 1. The molecule has 1 aromatic rings. The van der Waals surface area contributed by atoms with Gasteiger partial charge in [-0.25, -0.2) is 4.79 Å². The molecular weight excluding hydrogens is 216 g/mol. The number of rotatable bonds is 1. The second kappa shape index (κ2) is 4.15. The van der Waals surface area contributed by atoms with Gasteiger partial charge in [0.1, 0.15) is 0 Å². The molecule has 1 rings (SSSR count). The highest BCUT2D eigenvalue weighted by Gasteiger charge is 2.14. The van der Waals surface area contributed by atoms with E-state index in [-0.39, 0.29) is 0 Å². The van der Waals surface area contributed by atoms with E-state index in [4.69, 9.17) is 11.6 Å². The van der Waals surface area contributed by atoms with Crippen LogP contribution in [0, 0.1) is 20.8 Å². The minimum absolute atomic E-state index is 0.427. The van der Waals surface area contributed by atoms with E-state index < -0.39 is 5.97 Å². The van der Waals surface area contributed by atoms with Gasteiger partial charge in [-0.2, -0.15) is 0 Å². The first-order chi connectivity index (χ1) is 6.49. The van der Waals surface area contributed by atoms with Crippen LogP contribution in [0.2, 0.25) is 5.02 Å². The fraction of sp³-hybridized carbons (Fsp3) is 0.300. The molecule has 0 aliphatic carbocycles. The van der Waals surface area contributed by atoms with E-state index in [0.717, 1.165) is 16.7 Å². The second-order valence-corrected chi connectivity index (χ2v) is 3.78. The Balaban J connectivity index is 3.40. The van der Waals surface area contributed by atoms with Gasteiger partial charge in [-0.05, 0) is 43.5 Å². The number of halogens is 1. The summed E-state index contributed by atoms with van der Waals surface area (Å²) in [7, 11) is 2.71. The van der Waals surface area contributed by atoms with Crippen LogP contribution in [0.5, 0.6) is 0 Å². The number of carbonyl (C=O) groups excluding carboxylic acids is 1. The van der Waals surface area contributed by atoms with Gasteiger partial charge < -0.3 is 4.43 Å². The molecule has 0 unspecified atom stereocenters. The Morgan fingerprint density at radius 1 is 1.36 bits per heavy atom. The Morgan fingerprint density at radius 3 is 2.43 bits per heavy atom. The predicted molar refractivity (Wildman–Crippen MR) is 56.8 cm³/mol. The average Bonchev–Trinajstić information content (AvgIpc) is 2.19. The molecule has 0 saturated heterocycles. The van der Waals surface area contributed by atoms with Crippen molar-refractivity contribution in [3.8, 4) is 0 Å². The van der Waals surface area contributed by atoms with E-state index in [1.807, 2.05) is 13.8 Å². The maximum Gasteiger partial charge on any atom is 0.345 e. The molecule has 0 fully saturated rings. The summed E-state index contributed by atoms with van der Waals surface area (Å²) in [4.78, 5) is 11.3. The molecule has 14 heavy (non-hydrogen) atoms. The Bertz CT molecular complexity index is 388. The molecule has 2 nitrogen and oxygen atoms in total. The van der Waals surface area contributed by atoms with Crippen molar-refractivity contribution in [2.45, 2.75) is 20.8 Å². The molecule has 0 aliphatic rings. The van der Waals surface area contributed by atoms with Crippen LogP contribution >= 0.6 is 11.6 Å². The van der Waals surface area contributed by atoms with Crippen molar-refractivity contribution in [3.05, 3.63) is 33.3 Å². The van der Waals surface area contributed by atoms with Gasteiger partial charge in [-0.15, -0.1) is 0 Å². The Labute approximate surface area is 91.8 Å². The summed E-state index contributed by atoms with van der Waals surface area (Å²) in [6.45, 7) is 5.63. The van der Waals surface area contributed by atoms with Crippen molar-refractivity contribution in [2.75, 3.05) is 0 Å². The summed E-state index contributed by atoms with van der Waals surface area (Å²) >= 11 is 6.07. The molecule has 0 spiro atoms. The quantitative estimate of drug-likeness (QED) is 0.687. The Kier molecular flexibility index (Phi) is 3.34. The molecular formula is C10H10ClO2Si. The van der Waals surface area contributed by atoms with Gasteiger partial charge in [0.2, 0.25) is 0 Å². The molecule has 0 heterocycles. The van der Waals surface area contributed by atoms with Crippen LogP contribution in [0.3, 0.4) is 0 Å². The molecule has 4 heteroatoms. The predicted octanol–water partition coefficient (Wildman–Crippen LogP) is 2.51. The lowest BCUT2D eigenvalue weighted by Gasteiger charge is -2.10. The second-order valence-electron chi connectivity index (χ2n) is 3.19. The third kappa shape index (κ3) is 1.83. The van der Waals surface area contributed by atoms with Gasteiger partial charge in [0, 0.05) is 5.02 Å².